The molecule has 0 aliphatic carbocycles. The van der Waals surface area contributed by atoms with E-state index in [1.165, 1.54) is 27.0 Å². The summed E-state index contributed by atoms with van der Waals surface area (Å²) < 4.78 is 39.0. The number of rotatable bonds is 11. The first-order valence-electron chi connectivity index (χ1n) is 10.5. The lowest BCUT2D eigenvalue weighted by atomic mass is 9.92. The van der Waals surface area contributed by atoms with Crippen LogP contribution in [0, 0.1) is 12.3 Å². The molecule has 1 unspecified atom stereocenters. The third kappa shape index (κ3) is 6.40. The molecule has 1 saturated heterocycles. The van der Waals surface area contributed by atoms with E-state index in [0.29, 0.717) is 0 Å². The summed E-state index contributed by atoms with van der Waals surface area (Å²) >= 11 is 0. The van der Waals surface area contributed by atoms with Crippen molar-refractivity contribution in [3.05, 3.63) is 32.6 Å². The Morgan fingerprint density at radius 2 is 1.85 bits per heavy atom. The number of ether oxygens (including phenoxy) is 3. The van der Waals surface area contributed by atoms with Gasteiger partial charge in [0.1, 0.15) is 18.4 Å². The van der Waals surface area contributed by atoms with Crippen LogP contribution in [0.4, 0.5) is 0 Å². The van der Waals surface area contributed by atoms with E-state index < -0.39 is 68.1 Å². The van der Waals surface area contributed by atoms with Gasteiger partial charge in [0, 0.05) is 18.2 Å². The number of phosphoric ester groups is 1. The van der Waals surface area contributed by atoms with Crippen LogP contribution in [0.25, 0.3) is 0 Å². The molecule has 0 spiro atoms. The first kappa shape index (κ1) is 27.9. The van der Waals surface area contributed by atoms with Gasteiger partial charge in [-0.1, -0.05) is 0 Å². The highest BCUT2D eigenvalue weighted by Gasteiger charge is 2.48. The fourth-order valence-corrected chi connectivity index (χ4v) is 4.19. The Hall–Kier alpha value is -2.35. The van der Waals surface area contributed by atoms with Crippen molar-refractivity contribution in [1.82, 2.24) is 9.55 Å². The third-order valence-electron chi connectivity index (χ3n) is 5.05. The average molecular weight is 508 g/mol. The number of H-pyrrole nitrogens is 1. The van der Waals surface area contributed by atoms with Gasteiger partial charge in [0.15, 0.2) is 5.41 Å². The molecule has 2 heterocycles. The molecule has 0 saturated carbocycles. The van der Waals surface area contributed by atoms with Gasteiger partial charge in [-0.25, -0.2) is 9.36 Å². The second-order valence-corrected chi connectivity index (χ2v) is 9.09. The SMILES string of the molecule is CCOC(=O)C(C)(COP(=O)(O)O[C@H]1C[C@H](n2cc(C)c(=O)[nH]c2=O)O[C@@H]1CO)C(=O)OCC. The lowest BCUT2D eigenvalue weighted by Gasteiger charge is -2.26. The van der Waals surface area contributed by atoms with Crippen LogP contribution in [0.3, 0.4) is 0 Å². The molecule has 1 aliphatic rings. The molecule has 3 N–H and O–H groups in total. The summed E-state index contributed by atoms with van der Waals surface area (Å²) in [4.78, 5) is 60.6. The normalized spacial score (nSPS) is 22.2. The number of aromatic amines is 1. The van der Waals surface area contributed by atoms with Crippen molar-refractivity contribution in [2.45, 2.75) is 52.6 Å². The van der Waals surface area contributed by atoms with Gasteiger partial charge < -0.3 is 24.2 Å². The number of phosphoric acid groups is 1. The van der Waals surface area contributed by atoms with E-state index in [9.17, 15) is 33.7 Å². The van der Waals surface area contributed by atoms with Crippen LogP contribution in [-0.4, -0.2) is 70.1 Å². The Morgan fingerprint density at radius 1 is 1.26 bits per heavy atom. The summed E-state index contributed by atoms with van der Waals surface area (Å²) in [6, 6.07) is 0. The molecule has 0 amide bonds. The van der Waals surface area contributed by atoms with Crippen molar-refractivity contribution < 1.29 is 47.4 Å². The van der Waals surface area contributed by atoms with Crippen LogP contribution in [0.5, 0.6) is 0 Å². The first-order valence-corrected chi connectivity index (χ1v) is 12.0. The average Bonchev–Trinajstić information content (AvgIpc) is 3.16. The quantitative estimate of drug-likeness (QED) is 0.202. The Bertz CT molecular complexity index is 1030. The Kier molecular flexibility index (Phi) is 9.34. The Labute approximate surface area is 194 Å². The summed E-state index contributed by atoms with van der Waals surface area (Å²) in [6.45, 7) is 4.03. The van der Waals surface area contributed by atoms with Crippen molar-refractivity contribution >= 4 is 19.8 Å². The first-order chi connectivity index (χ1) is 15.9. The molecule has 14 nitrogen and oxygen atoms in total. The van der Waals surface area contributed by atoms with E-state index in [-0.39, 0.29) is 25.2 Å². The second kappa shape index (κ2) is 11.4. The highest BCUT2D eigenvalue weighted by molar-refractivity contribution is 7.47. The topological polar surface area (TPSA) is 193 Å². The van der Waals surface area contributed by atoms with E-state index >= 15 is 0 Å². The van der Waals surface area contributed by atoms with E-state index in [0.717, 1.165) is 11.5 Å². The molecule has 1 aliphatic heterocycles. The van der Waals surface area contributed by atoms with Crippen LogP contribution >= 0.6 is 7.82 Å². The number of aliphatic hydroxyl groups is 1. The minimum absolute atomic E-state index is 0.0519. The number of aromatic nitrogens is 2. The zero-order valence-electron chi connectivity index (χ0n) is 19.2. The molecule has 192 valence electrons. The van der Waals surface area contributed by atoms with E-state index in [2.05, 4.69) is 4.98 Å². The summed E-state index contributed by atoms with van der Waals surface area (Å²) in [7, 11) is -4.91. The molecule has 2 rings (SSSR count). The zero-order valence-corrected chi connectivity index (χ0v) is 20.1. The van der Waals surface area contributed by atoms with Crippen molar-refractivity contribution in [3.63, 3.8) is 0 Å². The molecule has 0 radical (unpaired) electrons. The molecular formula is C19H29N2O12P. The Morgan fingerprint density at radius 3 is 2.38 bits per heavy atom. The van der Waals surface area contributed by atoms with Gasteiger partial charge in [0.2, 0.25) is 0 Å². The van der Waals surface area contributed by atoms with Crippen LogP contribution in [0.1, 0.15) is 39.0 Å². The van der Waals surface area contributed by atoms with Gasteiger partial charge >= 0.3 is 25.5 Å². The number of carbonyl (C=O) groups is 2. The third-order valence-corrected chi connectivity index (χ3v) is 6.05. The van der Waals surface area contributed by atoms with Gasteiger partial charge in [-0.05, 0) is 27.7 Å². The lowest BCUT2D eigenvalue weighted by molar-refractivity contribution is -0.173. The van der Waals surface area contributed by atoms with Crippen LogP contribution in [0.2, 0.25) is 0 Å². The molecule has 1 aromatic rings. The van der Waals surface area contributed by atoms with Gasteiger partial charge in [-0.3, -0.25) is 33.0 Å². The van der Waals surface area contributed by atoms with Crippen LogP contribution in [-0.2, 0) is 37.4 Å². The largest absolute Gasteiger partial charge is 0.472 e. The van der Waals surface area contributed by atoms with E-state index in [1.54, 1.807) is 0 Å². The number of nitrogens with zero attached hydrogens (tertiary/aromatic N) is 1. The number of nitrogens with one attached hydrogen (secondary N) is 1. The van der Waals surface area contributed by atoms with Crippen LogP contribution < -0.4 is 11.2 Å². The second-order valence-electron chi connectivity index (χ2n) is 7.69. The molecule has 15 heteroatoms. The fraction of sp³-hybridized carbons (Fsp3) is 0.684. The highest BCUT2D eigenvalue weighted by atomic mass is 31.2. The lowest BCUT2D eigenvalue weighted by Crippen LogP contribution is -2.43. The number of aryl methyl sites for hydroxylation is 1. The van der Waals surface area contributed by atoms with Crippen molar-refractivity contribution in [2.24, 2.45) is 5.41 Å². The molecule has 1 fully saturated rings. The van der Waals surface area contributed by atoms with Crippen LogP contribution in [0.15, 0.2) is 15.8 Å². The van der Waals surface area contributed by atoms with Gasteiger partial charge in [0.05, 0.1) is 26.4 Å². The van der Waals surface area contributed by atoms with Crippen molar-refractivity contribution in [1.29, 1.82) is 0 Å². The maximum Gasteiger partial charge on any atom is 0.472 e. The minimum Gasteiger partial charge on any atom is -0.465 e. The summed E-state index contributed by atoms with van der Waals surface area (Å²) in [6.07, 6.45) is -2.25. The zero-order chi connectivity index (χ0) is 25.7. The molecule has 1 aromatic heterocycles. The van der Waals surface area contributed by atoms with Crippen molar-refractivity contribution in [2.75, 3.05) is 26.4 Å². The Balaban J connectivity index is 2.16. The summed E-state index contributed by atoms with van der Waals surface area (Å²) in [5, 5.41) is 9.60. The molecule has 4 atom stereocenters. The number of aliphatic hydroxyl groups excluding tert-OH is 1. The number of hydrogen-bond acceptors (Lipinski definition) is 11. The maximum atomic E-state index is 12.6. The van der Waals surface area contributed by atoms with E-state index in [1.807, 2.05) is 0 Å². The standard InChI is InChI=1S/C19H29N2O12P/c1-5-29-16(24)19(4,17(25)30-6-2)10-31-34(27,28)33-12-7-14(32-13(12)9-22)21-8-11(3)15(23)20-18(21)26/h8,12-14,22H,5-7,9-10H2,1-4H3,(H,27,28)(H,20,23,26)/t12-,13+,14+/m0/s1. The maximum absolute atomic E-state index is 12.6. The summed E-state index contributed by atoms with van der Waals surface area (Å²) in [5.41, 5.74) is -3.17. The highest BCUT2D eigenvalue weighted by Crippen LogP contribution is 2.49. The predicted molar refractivity (Wildman–Crippen MR) is 114 cm³/mol. The molecule has 0 bridgehead atoms. The minimum atomic E-state index is -4.91. The molecular weight excluding hydrogens is 479 g/mol. The monoisotopic (exact) mass is 508 g/mol. The number of esters is 2. The van der Waals surface area contributed by atoms with Gasteiger partial charge in [-0.15, -0.1) is 0 Å². The van der Waals surface area contributed by atoms with E-state index in [4.69, 9.17) is 23.3 Å². The number of carbonyl (C=O) groups excluding carboxylic acids is 2. The van der Waals surface area contributed by atoms with Crippen molar-refractivity contribution in [3.8, 4) is 0 Å². The smallest absolute Gasteiger partial charge is 0.465 e. The van der Waals surface area contributed by atoms with Gasteiger partial charge in [-0.2, -0.15) is 0 Å². The number of hydrogen-bond donors (Lipinski definition) is 3. The predicted octanol–water partition coefficient (Wildman–Crippen LogP) is -0.240. The van der Waals surface area contributed by atoms with Gasteiger partial charge in [0.25, 0.3) is 5.56 Å². The summed E-state index contributed by atoms with van der Waals surface area (Å²) in [5.74, 6) is -2.03. The molecule has 0 aromatic carbocycles. The fourth-order valence-electron chi connectivity index (χ4n) is 3.14. The molecule has 34 heavy (non-hydrogen) atoms.